The Morgan fingerprint density at radius 3 is 2.88 bits per heavy atom. The molecule has 0 saturated heterocycles. The van der Waals surface area contributed by atoms with E-state index >= 15 is 0 Å². The van der Waals surface area contributed by atoms with E-state index in [1.54, 1.807) is 12.4 Å². The van der Waals surface area contributed by atoms with Gasteiger partial charge in [0.15, 0.2) is 0 Å². The molecule has 3 N–H and O–H groups in total. The van der Waals surface area contributed by atoms with E-state index in [9.17, 15) is 0 Å². The molecular weight excluding hydrogens is 214 g/mol. The van der Waals surface area contributed by atoms with Crippen molar-refractivity contribution < 1.29 is 0 Å². The maximum atomic E-state index is 5.57. The van der Waals surface area contributed by atoms with E-state index in [0.717, 1.165) is 23.5 Å². The molecule has 0 aromatic carbocycles. The number of aryl methyl sites for hydroxylation is 1. The first-order chi connectivity index (χ1) is 8.29. The molecule has 5 nitrogen and oxygen atoms in total. The van der Waals surface area contributed by atoms with Gasteiger partial charge in [-0.3, -0.25) is 16.3 Å². The third-order valence-corrected chi connectivity index (χ3v) is 2.52. The number of aromatic nitrogens is 3. The molecule has 2 aromatic heterocycles. The molecule has 0 bridgehead atoms. The van der Waals surface area contributed by atoms with Crippen LogP contribution < -0.4 is 11.3 Å². The smallest absolute Gasteiger partial charge is 0.125 e. The first kappa shape index (κ1) is 11.6. The van der Waals surface area contributed by atoms with Crippen LogP contribution in [-0.2, 0) is 6.42 Å². The fourth-order valence-electron chi connectivity index (χ4n) is 1.67. The average Bonchev–Trinajstić information content (AvgIpc) is 2.37. The number of hydrogen-bond acceptors (Lipinski definition) is 5. The average molecular weight is 229 g/mol. The Balaban J connectivity index is 2.17. The molecule has 5 heteroatoms. The maximum Gasteiger partial charge on any atom is 0.125 e. The summed E-state index contributed by atoms with van der Waals surface area (Å²) in [7, 11) is 0. The summed E-state index contributed by atoms with van der Waals surface area (Å²) in [5.74, 6) is 6.32. The summed E-state index contributed by atoms with van der Waals surface area (Å²) in [6.07, 6.45) is 6.08. The zero-order valence-electron chi connectivity index (χ0n) is 9.67. The van der Waals surface area contributed by atoms with Gasteiger partial charge in [0, 0.05) is 18.6 Å². The Morgan fingerprint density at radius 1 is 1.35 bits per heavy atom. The summed E-state index contributed by atoms with van der Waals surface area (Å²) in [5.41, 5.74) is 4.79. The fraction of sp³-hybridized carbons (Fsp3) is 0.250. The highest BCUT2D eigenvalue weighted by Gasteiger charge is 2.12. The highest BCUT2D eigenvalue weighted by Crippen LogP contribution is 2.14. The van der Waals surface area contributed by atoms with Crippen LogP contribution in [0.25, 0.3) is 0 Å². The molecule has 0 fully saturated rings. The van der Waals surface area contributed by atoms with Crippen LogP contribution in [0.4, 0.5) is 0 Å². The number of nitrogens with zero attached hydrogens (tertiary/aromatic N) is 3. The SMILES string of the molecule is Cc1nccc(C(Cc2cccnc2)NN)n1. The van der Waals surface area contributed by atoms with Crippen molar-refractivity contribution in [2.75, 3.05) is 0 Å². The van der Waals surface area contributed by atoms with Crippen LogP contribution in [0.1, 0.15) is 23.1 Å². The molecule has 0 amide bonds. The Morgan fingerprint density at radius 2 is 2.24 bits per heavy atom. The number of hydrogen-bond donors (Lipinski definition) is 2. The molecule has 0 saturated carbocycles. The van der Waals surface area contributed by atoms with Crippen LogP contribution in [-0.4, -0.2) is 15.0 Å². The second-order valence-corrected chi connectivity index (χ2v) is 3.81. The monoisotopic (exact) mass is 229 g/mol. The van der Waals surface area contributed by atoms with E-state index in [1.807, 2.05) is 31.3 Å². The lowest BCUT2D eigenvalue weighted by Gasteiger charge is -2.15. The lowest BCUT2D eigenvalue weighted by atomic mass is 10.1. The summed E-state index contributed by atoms with van der Waals surface area (Å²) < 4.78 is 0. The Labute approximate surface area is 100 Å². The van der Waals surface area contributed by atoms with Crippen molar-refractivity contribution in [2.24, 2.45) is 5.84 Å². The van der Waals surface area contributed by atoms with E-state index in [0.29, 0.717) is 0 Å². The van der Waals surface area contributed by atoms with Gasteiger partial charge in [-0.2, -0.15) is 0 Å². The summed E-state index contributed by atoms with van der Waals surface area (Å²) >= 11 is 0. The zero-order chi connectivity index (χ0) is 12.1. The number of nitrogens with two attached hydrogens (primary N) is 1. The van der Waals surface area contributed by atoms with Crippen molar-refractivity contribution in [2.45, 2.75) is 19.4 Å². The van der Waals surface area contributed by atoms with Crippen molar-refractivity contribution in [3.8, 4) is 0 Å². The minimum atomic E-state index is -0.0269. The lowest BCUT2D eigenvalue weighted by Crippen LogP contribution is -2.30. The van der Waals surface area contributed by atoms with E-state index in [4.69, 9.17) is 5.84 Å². The Bertz CT molecular complexity index is 471. The number of nitrogens with one attached hydrogen (secondary N) is 1. The van der Waals surface area contributed by atoms with Gasteiger partial charge in [-0.15, -0.1) is 0 Å². The molecule has 2 aromatic rings. The van der Waals surface area contributed by atoms with Gasteiger partial charge in [0.1, 0.15) is 5.82 Å². The van der Waals surface area contributed by atoms with Crippen LogP contribution in [0.2, 0.25) is 0 Å². The van der Waals surface area contributed by atoms with Crippen LogP contribution in [0.5, 0.6) is 0 Å². The van der Waals surface area contributed by atoms with Crippen molar-refractivity contribution in [3.63, 3.8) is 0 Å². The predicted octanol–water partition coefficient (Wildman–Crippen LogP) is 0.927. The van der Waals surface area contributed by atoms with Gasteiger partial charge in [-0.05, 0) is 31.0 Å². The highest BCUT2D eigenvalue weighted by atomic mass is 15.2. The molecule has 88 valence electrons. The van der Waals surface area contributed by atoms with Gasteiger partial charge in [0.2, 0.25) is 0 Å². The molecule has 1 atom stereocenters. The minimum Gasteiger partial charge on any atom is -0.271 e. The van der Waals surface area contributed by atoms with Crippen LogP contribution in [0.15, 0.2) is 36.8 Å². The molecule has 0 aliphatic heterocycles. The third-order valence-electron chi connectivity index (χ3n) is 2.52. The molecule has 0 radical (unpaired) electrons. The zero-order valence-corrected chi connectivity index (χ0v) is 9.67. The quantitative estimate of drug-likeness (QED) is 0.602. The Kier molecular flexibility index (Phi) is 3.74. The molecule has 2 heterocycles. The summed E-state index contributed by atoms with van der Waals surface area (Å²) in [5, 5.41) is 0. The predicted molar refractivity (Wildman–Crippen MR) is 64.8 cm³/mol. The molecular formula is C12H15N5. The normalized spacial score (nSPS) is 12.4. The highest BCUT2D eigenvalue weighted by molar-refractivity contribution is 5.15. The van der Waals surface area contributed by atoms with Crippen molar-refractivity contribution in [1.29, 1.82) is 0 Å². The van der Waals surface area contributed by atoms with Crippen LogP contribution in [0.3, 0.4) is 0 Å². The van der Waals surface area contributed by atoms with Crippen LogP contribution in [0, 0.1) is 6.92 Å². The number of hydrazine groups is 1. The molecule has 0 aliphatic rings. The van der Waals surface area contributed by atoms with Crippen molar-refractivity contribution in [1.82, 2.24) is 20.4 Å². The number of pyridine rings is 1. The fourth-order valence-corrected chi connectivity index (χ4v) is 1.67. The molecule has 0 aliphatic carbocycles. The van der Waals surface area contributed by atoms with Gasteiger partial charge in [-0.25, -0.2) is 9.97 Å². The van der Waals surface area contributed by atoms with E-state index in [2.05, 4.69) is 20.4 Å². The largest absolute Gasteiger partial charge is 0.271 e. The Hall–Kier alpha value is -1.85. The first-order valence-electron chi connectivity index (χ1n) is 5.44. The van der Waals surface area contributed by atoms with Crippen molar-refractivity contribution in [3.05, 3.63) is 53.9 Å². The van der Waals surface area contributed by atoms with Gasteiger partial charge >= 0.3 is 0 Å². The maximum absolute atomic E-state index is 5.57. The van der Waals surface area contributed by atoms with E-state index in [1.165, 1.54) is 0 Å². The lowest BCUT2D eigenvalue weighted by molar-refractivity contribution is 0.535. The first-order valence-corrected chi connectivity index (χ1v) is 5.44. The van der Waals surface area contributed by atoms with Gasteiger partial charge in [-0.1, -0.05) is 6.07 Å². The van der Waals surface area contributed by atoms with Crippen molar-refractivity contribution >= 4 is 0 Å². The van der Waals surface area contributed by atoms with Gasteiger partial charge in [0.05, 0.1) is 11.7 Å². The van der Waals surface area contributed by atoms with E-state index < -0.39 is 0 Å². The summed E-state index contributed by atoms with van der Waals surface area (Å²) in [6.45, 7) is 1.86. The molecule has 0 spiro atoms. The second-order valence-electron chi connectivity index (χ2n) is 3.81. The van der Waals surface area contributed by atoms with Gasteiger partial charge < -0.3 is 0 Å². The number of rotatable bonds is 4. The van der Waals surface area contributed by atoms with Gasteiger partial charge in [0.25, 0.3) is 0 Å². The van der Waals surface area contributed by atoms with E-state index in [-0.39, 0.29) is 6.04 Å². The summed E-state index contributed by atoms with van der Waals surface area (Å²) in [4.78, 5) is 12.5. The molecule has 17 heavy (non-hydrogen) atoms. The minimum absolute atomic E-state index is 0.0269. The standard InChI is InChI=1S/C12H15N5/c1-9-15-6-4-11(16-9)12(17-13)7-10-3-2-5-14-8-10/h2-6,8,12,17H,7,13H2,1H3. The third kappa shape index (κ3) is 3.05. The van der Waals surface area contributed by atoms with Crippen LogP contribution >= 0.6 is 0 Å². The summed E-state index contributed by atoms with van der Waals surface area (Å²) in [6, 6.07) is 5.77. The molecule has 2 rings (SSSR count). The second kappa shape index (κ2) is 5.47. The molecule has 1 unspecified atom stereocenters. The topological polar surface area (TPSA) is 76.7 Å².